The molecule has 3 aromatic rings. The summed E-state index contributed by atoms with van der Waals surface area (Å²) in [5.41, 5.74) is 2.02. The van der Waals surface area contributed by atoms with Gasteiger partial charge in [-0.2, -0.15) is 0 Å². The quantitative estimate of drug-likeness (QED) is 0.306. The van der Waals surface area contributed by atoms with E-state index in [9.17, 15) is 13.2 Å². The van der Waals surface area contributed by atoms with Crippen molar-refractivity contribution in [1.82, 2.24) is 9.71 Å². The second-order valence-corrected chi connectivity index (χ2v) is 9.13. The lowest BCUT2D eigenvalue weighted by atomic mass is 10.2. The van der Waals surface area contributed by atoms with E-state index in [1.165, 1.54) is 6.08 Å². The van der Waals surface area contributed by atoms with E-state index in [2.05, 4.69) is 9.71 Å². The van der Waals surface area contributed by atoms with Gasteiger partial charge in [-0.1, -0.05) is 48.0 Å². The highest BCUT2D eigenvalue weighted by atomic mass is 35.5. The zero-order valence-corrected chi connectivity index (χ0v) is 18.4. The smallest absolute Gasteiger partial charge is 0.321 e. The first-order valence-corrected chi connectivity index (χ1v) is 12.0. The number of aromatic nitrogens is 1. The van der Waals surface area contributed by atoms with Crippen LogP contribution in [0.4, 0.5) is 0 Å². The van der Waals surface area contributed by atoms with Crippen molar-refractivity contribution in [1.29, 1.82) is 0 Å². The van der Waals surface area contributed by atoms with Gasteiger partial charge in [-0.3, -0.25) is 4.79 Å². The van der Waals surface area contributed by atoms with Crippen LogP contribution in [0.3, 0.4) is 0 Å². The van der Waals surface area contributed by atoms with Crippen LogP contribution < -0.4 is 4.72 Å². The van der Waals surface area contributed by atoms with Crippen LogP contribution in [0.25, 0.3) is 17.0 Å². The van der Waals surface area contributed by atoms with E-state index in [-0.39, 0.29) is 11.8 Å². The van der Waals surface area contributed by atoms with Gasteiger partial charge < -0.3 is 4.74 Å². The number of fused-ring (bicyclic) bond motifs is 1. The lowest BCUT2D eigenvalue weighted by Gasteiger charge is -2.09. The number of ether oxygens (including phenoxy) is 1. The Labute approximate surface area is 184 Å². The zero-order chi connectivity index (χ0) is 21.6. The summed E-state index contributed by atoms with van der Waals surface area (Å²) >= 11 is 7.81. The van der Waals surface area contributed by atoms with Crippen molar-refractivity contribution < 1.29 is 17.9 Å². The van der Waals surface area contributed by atoms with Gasteiger partial charge in [-0.25, -0.2) is 18.1 Å². The van der Waals surface area contributed by atoms with Crippen molar-refractivity contribution in [2.45, 2.75) is 11.5 Å². The molecule has 2 aromatic carbocycles. The maximum Gasteiger partial charge on any atom is 0.321 e. The van der Waals surface area contributed by atoms with Crippen LogP contribution in [-0.2, 0) is 26.2 Å². The molecule has 3 rings (SSSR count). The Balaban J connectivity index is 1.56. The molecule has 0 aliphatic carbocycles. The number of rotatable bonds is 8. The largest absolute Gasteiger partial charge is 0.460 e. The average molecular weight is 463 g/mol. The molecule has 0 bridgehead atoms. The molecule has 0 aliphatic heterocycles. The zero-order valence-electron chi connectivity index (χ0n) is 16.0. The summed E-state index contributed by atoms with van der Waals surface area (Å²) in [7, 11) is -3.77. The summed E-state index contributed by atoms with van der Waals surface area (Å²) < 4.78 is 31.3. The van der Waals surface area contributed by atoms with E-state index in [4.69, 9.17) is 16.3 Å². The van der Waals surface area contributed by atoms with Gasteiger partial charge in [0.25, 0.3) is 0 Å². The Bertz CT molecular complexity index is 1180. The highest BCUT2D eigenvalue weighted by Gasteiger charge is 2.12. The number of benzene rings is 2. The van der Waals surface area contributed by atoms with E-state index < -0.39 is 22.5 Å². The van der Waals surface area contributed by atoms with Crippen LogP contribution in [0.15, 0.2) is 64.9 Å². The Morgan fingerprint density at radius 3 is 2.70 bits per heavy atom. The normalized spacial score (nSPS) is 11.8. The van der Waals surface area contributed by atoms with Crippen molar-refractivity contribution in [2.24, 2.45) is 0 Å². The third-order valence-electron chi connectivity index (χ3n) is 4.10. The lowest BCUT2D eigenvalue weighted by molar-refractivity contribution is -0.143. The average Bonchev–Trinajstić information content (AvgIpc) is 2.75. The lowest BCUT2D eigenvalue weighted by Crippen LogP contribution is -2.29. The molecule has 6 nitrogen and oxygen atoms in total. The van der Waals surface area contributed by atoms with E-state index in [0.29, 0.717) is 5.56 Å². The van der Waals surface area contributed by atoms with Gasteiger partial charge in [0, 0.05) is 21.3 Å². The summed E-state index contributed by atoms with van der Waals surface area (Å²) in [6.45, 7) is -0.594. The first-order chi connectivity index (χ1) is 14.4. The molecule has 9 heteroatoms. The van der Waals surface area contributed by atoms with E-state index >= 15 is 0 Å². The van der Waals surface area contributed by atoms with E-state index in [1.807, 2.05) is 30.5 Å². The van der Waals surface area contributed by atoms with Gasteiger partial charge >= 0.3 is 5.97 Å². The fraction of sp³-hybridized carbons (Fsp3) is 0.143. The van der Waals surface area contributed by atoms with Crippen LogP contribution in [0, 0.1) is 0 Å². The number of carbonyl (C=O) groups excluding carboxylic acids is 1. The van der Waals surface area contributed by atoms with Crippen LogP contribution in [0.1, 0.15) is 11.1 Å². The predicted octanol–water partition coefficient (Wildman–Crippen LogP) is 4.24. The van der Waals surface area contributed by atoms with Crippen molar-refractivity contribution >= 4 is 56.3 Å². The first-order valence-electron chi connectivity index (χ1n) is 8.88. The third-order valence-corrected chi connectivity index (χ3v) is 6.19. The number of hydrogen-bond acceptors (Lipinski definition) is 6. The second-order valence-electron chi connectivity index (χ2n) is 6.24. The number of esters is 1. The highest BCUT2D eigenvalue weighted by Crippen LogP contribution is 2.25. The number of pyridine rings is 1. The molecule has 0 amide bonds. The van der Waals surface area contributed by atoms with Gasteiger partial charge in [0.15, 0.2) is 0 Å². The minimum Gasteiger partial charge on any atom is -0.460 e. The molecule has 30 heavy (non-hydrogen) atoms. The van der Waals surface area contributed by atoms with Gasteiger partial charge in [-0.05, 0) is 36.1 Å². The summed E-state index contributed by atoms with van der Waals surface area (Å²) in [4.78, 5) is 17.4. The van der Waals surface area contributed by atoms with Gasteiger partial charge in [-0.15, -0.1) is 11.8 Å². The monoisotopic (exact) mass is 462 g/mol. The molecule has 0 radical (unpaired) electrons. The van der Waals surface area contributed by atoms with E-state index in [1.54, 1.807) is 42.1 Å². The molecular weight excluding hydrogens is 444 g/mol. The summed E-state index contributed by atoms with van der Waals surface area (Å²) in [5, 5.41) is 2.11. The van der Waals surface area contributed by atoms with Crippen LogP contribution >= 0.6 is 23.4 Å². The Morgan fingerprint density at radius 2 is 1.97 bits per heavy atom. The van der Waals surface area contributed by atoms with Crippen molar-refractivity contribution in [3.05, 3.63) is 76.3 Å². The summed E-state index contributed by atoms with van der Waals surface area (Å²) in [6.07, 6.45) is 3.42. The van der Waals surface area contributed by atoms with E-state index in [0.717, 1.165) is 26.8 Å². The molecule has 0 saturated carbocycles. The molecule has 0 unspecified atom stereocenters. The fourth-order valence-electron chi connectivity index (χ4n) is 2.54. The molecule has 0 aliphatic rings. The first kappa shape index (κ1) is 22.3. The molecule has 0 fully saturated rings. The number of nitrogens with zero attached hydrogens (tertiary/aromatic N) is 1. The number of nitrogens with one attached hydrogen (secondary N) is 1. The van der Waals surface area contributed by atoms with Gasteiger partial charge in [0.2, 0.25) is 10.0 Å². The fourth-order valence-corrected chi connectivity index (χ4v) is 3.93. The van der Waals surface area contributed by atoms with Crippen LogP contribution in [0.5, 0.6) is 0 Å². The standard InChI is InChI=1S/C21H19ClN2O4S2/c1-29-18-8-7-16-11-17(21(22)24-19(16)12-18)14-28-20(25)13-23-30(26,27)10-9-15-5-3-2-4-6-15/h2-12,23H,13-14H2,1H3. The molecule has 0 spiro atoms. The number of sulfonamides is 1. The molecular formula is C21H19ClN2O4S2. The van der Waals surface area contributed by atoms with Gasteiger partial charge in [0.1, 0.15) is 18.3 Å². The van der Waals surface area contributed by atoms with Crippen LogP contribution in [0.2, 0.25) is 5.15 Å². The van der Waals surface area contributed by atoms with Gasteiger partial charge in [0.05, 0.1) is 5.52 Å². The predicted molar refractivity (Wildman–Crippen MR) is 121 cm³/mol. The molecule has 1 heterocycles. The maximum absolute atomic E-state index is 12.0. The second kappa shape index (κ2) is 10.1. The maximum atomic E-state index is 12.0. The molecule has 0 saturated heterocycles. The topological polar surface area (TPSA) is 85.4 Å². The van der Waals surface area contributed by atoms with Crippen molar-refractivity contribution in [2.75, 3.05) is 12.8 Å². The van der Waals surface area contributed by atoms with Crippen LogP contribution in [-0.4, -0.2) is 32.2 Å². The van der Waals surface area contributed by atoms with Crippen molar-refractivity contribution in [3.8, 4) is 0 Å². The van der Waals surface area contributed by atoms with Crippen molar-refractivity contribution in [3.63, 3.8) is 0 Å². The molecule has 1 aromatic heterocycles. The third kappa shape index (κ3) is 6.30. The number of carbonyl (C=O) groups is 1. The number of hydrogen-bond donors (Lipinski definition) is 1. The Hall–Kier alpha value is -2.39. The SMILES string of the molecule is CSc1ccc2cc(COC(=O)CNS(=O)(=O)C=Cc3ccccc3)c(Cl)nc2c1. The number of halogens is 1. The minimum atomic E-state index is -3.77. The molecule has 1 N–H and O–H groups in total. The molecule has 156 valence electrons. The number of thioether (sulfide) groups is 1. The summed E-state index contributed by atoms with van der Waals surface area (Å²) in [6, 6.07) is 16.6. The summed E-state index contributed by atoms with van der Waals surface area (Å²) in [5.74, 6) is -0.722. The molecule has 0 atom stereocenters. The minimum absolute atomic E-state index is 0.105. The Kier molecular flexibility index (Phi) is 7.49. The highest BCUT2D eigenvalue weighted by molar-refractivity contribution is 7.98. The Morgan fingerprint density at radius 1 is 1.20 bits per heavy atom.